The van der Waals surface area contributed by atoms with Crippen molar-refractivity contribution in [2.45, 2.75) is 37.7 Å². The van der Waals surface area contributed by atoms with Crippen LogP contribution in [0.2, 0.25) is 0 Å². The van der Waals surface area contributed by atoms with Gasteiger partial charge in [-0.3, -0.25) is 4.79 Å². The van der Waals surface area contributed by atoms with E-state index >= 15 is 0 Å². The first-order valence-electron chi connectivity index (χ1n) is 8.96. The number of carbonyl (C=O) groups is 2. The molecule has 0 bridgehead atoms. The first kappa shape index (κ1) is 19.0. The zero-order chi connectivity index (χ0) is 19.3. The topological polar surface area (TPSA) is 101 Å². The fraction of sp³-hybridized carbons (Fsp3) is 0.350. The summed E-state index contributed by atoms with van der Waals surface area (Å²) in [6.07, 6.45) is 7.12. The molecule has 1 saturated carbocycles. The van der Waals surface area contributed by atoms with Crippen molar-refractivity contribution in [3.63, 3.8) is 0 Å². The maximum Gasteiger partial charge on any atom is 0.349 e. The predicted octanol–water partition coefficient (Wildman–Crippen LogP) is 2.62. The molecule has 1 aliphatic carbocycles. The maximum atomic E-state index is 13.1. The monoisotopic (exact) mass is 368 g/mol. The summed E-state index contributed by atoms with van der Waals surface area (Å²) in [6.45, 7) is 3.22. The van der Waals surface area contributed by atoms with E-state index in [4.69, 9.17) is 4.74 Å². The lowest BCUT2D eigenvalue weighted by atomic mass is 9.73. The van der Waals surface area contributed by atoms with Gasteiger partial charge in [-0.2, -0.15) is 0 Å². The first-order valence-corrected chi connectivity index (χ1v) is 8.96. The highest BCUT2D eigenvalue weighted by molar-refractivity contribution is 5.94. The minimum Gasteiger partial charge on any atom is -0.401 e. The third-order valence-electron chi connectivity index (χ3n) is 4.83. The molecule has 2 aromatic rings. The molecule has 0 unspecified atom stereocenters. The van der Waals surface area contributed by atoms with Gasteiger partial charge in [0.05, 0.1) is 0 Å². The number of amides is 1. The van der Waals surface area contributed by atoms with Crippen LogP contribution in [0.25, 0.3) is 0 Å². The zero-order valence-corrected chi connectivity index (χ0v) is 14.9. The van der Waals surface area contributed by atoms with E-state index in [1.54, 1.807) is 24.3 Å². The molecule has 1 radical (unpaired) electrons. The second-order valence-corrected chi connectivity index (χ2v) is 6.62. The fourth-order valence-corrected chi connectivity index (χ4v) is 3.52. The molecule has 1 fully saturated rings. The average molecular weight is 368 g/mol. The van der Waals surface area contributed by atoms with E-state index in [-0.39, 0.29) is 17.6 Å². The van der Waals surface area contributed by atoms with Gasteiger partial charge in [-0.1, -0.05) is 49.6 Å². The molecule has 1 heterocycles. The second kappa shape index (κ2) is 8.26. The minimum atomic E-state index is -1.80. The number of anilines is 1. The summed E-state index contributed by atoms with van der Waals surface area (Å²) in [5.41, 5.74) is -1.32. The Balaban J connectivity index is 1.94. The zero-order valence-electron chi connectivity index (χ0n) is 14.9. The summed E-state index contributed by atoms with van der Waals surface area (Å²) >= 11 is 0. The summed E-state index contributed by atoms with van der Waals surface area (Å²) in [6, 6.07) is 8.79. The summed E-state index contributed by atoms with van der Waals surface area (Å²) in [4.78, 5) is 32.3. The third-order valence-corrected chi connectivity index (χ3v) is 4.83. The Hall–Kier alpha value is -2.80. The lowest BCUT2D eigenvalue weighted by molar-refractivity contribution is -0.165. The molecule has 0 aliphatic heterocycles. The number of carbonyl (C=O) groups excluding carboxylic acids is 2. The summed E-state index contributed by atoms with van der Waals surface area (Å²) in [5, 5.41) is 13.9. The molecule has 2 N–H and O–H groups in total. The molecule has 1 amide bonds. The van der Waals surface area contributed by atoms with Crippen LogP contribution in [0.15, 0.2) is 42.7 Å². The van der Waals surface area contributed by atoms with E-state index in [2.05, 4.69) is 22.2 Å². The molecule has 7 heteroatoms. The second-order valence-electron chi connectivity index (χ2n) is 6.62. The fourth-order valence-electron chi connectivity index (χ4n) is 3.52. The highest BCUT2D eigenvalue weighted by atomic mass is 16.6. The Labute approximate surface area is 157 Å². The third kappa shape index (κ3) is 4.14. The van der Waals surface area contributed by atoms with Gasteiger partial charge >= 0.3 is 5.97 Å². The Morgan fingerprint density at radius 1 is 1.11 bits per heavy atom. The molecule has 3 rings (SSSR count). The van der Waals surface area contributed by atoms with Crippen molar-refractivity contribution in [2.24, 2.45) is 5.92 Å². The van der Waals surface area contributed by atoms with Crippen LogP contribution >= 0.6 is 0 Å². The smallest absolute Gasteiger partial charge is 0.349 e. The van der Waals surface area contributed by atoms with Crippen LogP contribution in [-0.4, -0.2) is 27.0 Å². The molecule has 0 saturated heterocycles. The average Bonchev–Trinajstić information content (AvgIpc) is 2.69. The first-order chi connectivity index (χ1) is 13.0. The van der Waals surface area contributed by atoms with Crippen LogP contribution in [-0.2, 0) is 15.2 Å². The number of esters is 1. The summed E-state index contributed by atoms with van der Waals surface area (Å²) in [5.74, 6) is -1.91. The van der Waals surface area contributed by atoms with E-state index in [1.807, 2.05) is 6.07 Å². The van der Waals surface area contributed by atoms with Crippen molar-refractivity contribution in [1.82, 2.24) is 9.97 Å². The normalized spacial score (nSPS) is 17.0. The van der Waals surface area contributed by atoms with Gasteiger partial charge in [0.25, 0.3) is 5.88 Å². The molecule has 0 spiro atoms. The molecule has 1 atom stereocenters. The molecule has 141 valence electrons. The number of benzene rings is 1. The van der Waals surface area contributed by atoms with E-state index in [9.17, 15) is 14.7 Å². The van der Waals surface area contributed by atoms with Crippen molar-refractivity contribution in [2.75, 3.05) is 5.32 Å². The largest absolute Gasteiger partial charge is 0.401 e. The number of hydrogen-bond acceptors (Lipinski definition) is 6. The van der Waals surface area contributed by atoms with Gasteiger partial charge in [-0.05, 0) is 18.4 Å². The number of aliphatic hydroxyl groups is 1. The van der Waals surface area contributed by atoms with Crippen molar-refractivity contribution in [3.8, 4) is 5.88 Å². The van der Waals surface area contributed by atoms with Crippen molar-refractivity contribution < 1.29 is 19.4 Å². The van der Waals surface area contributed by atoms with Gasteiger partial charge in [0.1, 0.15) is 0 Å². The van der Waals surface area contributed by atoms with Crippen LogP contribution in [0, 0.1) is 12.8 Å². The molecule has 1 aliphatic rings. The Kier molecular flexibility index (Phi) is 5.81. The highest BCUT2D eigenvalue weighted by Gasteiger charge is 2.47. The Bertz CT molecular complexity index is 806. The van der Waals surface area contributed by atoms with Gasteiger partial charge in [-0.15, -0.1) is 0 Å². The maximum absolute atomic E-state index is 13.1. The number of nitrogens with zero attached hydrogens (tertiary/aromatic N) is 2. The van der Waals surface area contributed by atoms with Gasteiger partial charge in [0, 0.05) is 25.2 Å². The number of ether oxygens (including phenoxy) is 1. The lowest BCUT2D eigenvalue weighted by Crippen LogP contribution is -2.46. The van der Waals surface area contributed by atoms with Gasteiger partial charge in [-0.25, -0.2) is 14.8 Å². The molecule has 1 aromatic heterocycles. The van der Waals surface area contributed by atoms with Crippen LogP contribution < -0.4 is 10.1 Å². The molecule has 27 heavy (non-hydrogen) atoms. The van der Waals surface area contributed by atoms with E-state index in [1.165, 1.54) is 12.4 Å². The number of hydrogen-bond donors (Lipinski definition) is 2. The summed E-state index contributed by atoms with van der Waals surface area (Å²) < 4.78 is 5.41. The Morgan fingerprint density at radius 3 is 2.44 bits per heavy atom. The van der Waals surface area contributed by atoms with Gasteiger partial charge in [0.15, 0.2) is 11.4 Å². The van der Waals surface area contributed by atoms with Crippen molar-refractivity contribution in [1.29, 1.82) is 0 Å². The van der Waals surface area contributed by atoms with Crippen LogP contribution in [0.5, 0.6) is 5.88 Å². The van der Waals surface area contributed by atoms with E-state index in [0.717, 1.165) is 32.1 Å². The standard InChI is InChI=1S/C20H22N3O4/c1-14(24)23-17-18(22-13-12-21-17)27-19(25)20(26,15-8-4-2-5-9-15)16-10-6-3-7-11-16/h2,4-5,8-9,12-13,16,26H,1,3,6-7,10-11H2,(H,21,23,24)/t20-/m0/s1. The van der Waals surface area contributed by atoms with Crippen LogP contribution in [0.1, 0.15) is 37.7 Å². The molecule has 1 aromatic carbocycles. The number of nitrogens with one attached hydrogen (secondary N) is 1. The van der Waals surface area contributed by atoms with Crippen molar-refractivity contribution in [3.05, 3.63) is 55.2 Å². The van der Waals surface area contributed by atoms with E-state index in [0.29, 0.717) is 5.56 Å². The van der Waals surface area contributed by atoms with Crippen LogP contribution in [0.3, 0.4) is 0 Å². The highest BCUT2D eigenvalue weighted by Crippen LogP contribution is 2.40. The lowest BCUT2D eigenvalue weighted by Gasteiger charge is -2.36. The quantitative estimate of drug-likeness (QED) is 0.787. The van der Waals surface area contributed by atoms with Crippen molar-refractivity contribution >= 4 is 17.7 Å². The summed E-state index contributed by atoms with van der Waals surface area (Å²) in [7, 11) is 0. The molecule has 7 nitrogen and oxygen atoms in total. The Morgan fingerprint density at radius 2 is 1.78 bits per heavy atom. The predicted molar refractivity (Wildman–Crippen MR) is 98.6 cm³/mol. The van der Waals surface area contributed by atoms with Crippen LogP contribution in [0.4, 0.5) is 5.82 Å². The number of aromatic nitrogens is 2. The molecular weight excluding hydrogens is 346 g/mol. The number of rotatable bonds is 5. The van der Waals surface area contributed by atoms with Gasteiger partial charge < -0.3 is 15.2 Å². The van der Waals surface area contributed by atoms with E-state index < -0.39 is 17.5 Å². The molecular formula is C20H22N3O4. The minimum absolute atomic E-state index is 0.0232. The SMILES string of the molecule is [CH2]C(=O)Nc1nccnc1OC(=O)[C@](O)(c1ccccc1)C1CCCCC1. The van der Waals surface area contributed by atoms with Gasteiger partial charge in [0.2, 0.25) is 5.91 Å².